The molecule has 1 aromatic carbocycles. The lowest BCUT2D eigenvalue weighted by atomic mass is 10.3. The third-order valence-corrected chi connectivity index (χ3v) is 3.33. The summed E-state index contributed by atoms with van der Waals surface area (Å²) in [6.07, 6.45) is 1.55. The van der Waals surface area contributed by atoms with Crippen LogP contribution in [0, 0.1) is 5.82 Å². The van der Waals surface area contributed by atoms with E-state index in [1.54, 1.807) is 25.4 Å². The first-order chi connectivity index (χ1) is 9.58. The molecule has 0 aliphatic rings. The number of hydrogen-bond donors (Lipinski definition) is 1. The third kappa shape index (κ3) is 3.57. The zero-order valence-corrected chi connectivity index (χ0v) is 12.4. The summed E-state index contributed by atoms with van der Waals surface area (Å²) in [5.74, 6) is 0.127. The Morgan fingerprint density at radius 3 is 3.05 bits per heavy atom. The summed E-state index contributed by atoms with van der Waals surface area (Å²) in [4.78, 5) is 11.6. The highest BCUT2D eigenvalue weighted by molar-refractivity contribution is 9.10. The number of anilines is 1. The quantitative estimate of drug-likeness (QED) is 0.847. The molecule has 0 saturated heterocycles. The standard InChI is InChI=1S/C13H13BrFN3O2/c1-18-13(19)12(14)11(8-17-18)16-5-6-20-10-4-2-3-9(15)7-10/h2-4,7-8,16H,5-6H2,1H3. The van der Waals surface area contributed by atoms with Crippen molar-refractivity contribution in [3.05, 3.63) is 51.1 Å². The lowest BCUT2D eigenvalue weighted by Gasteiger charge is -2.10. The minimum atomic E-state index is -0.339. The molecule has 7 heteroatoms. The van der Waals surface area contributed by atoms with Crippen LogP contribution in [-0.2, 0) is 7.05 Å². The number of aromatic nitrogens is 2. The van der Waals surface area contributed by atoms with Gasteiger partial charge in [-0.1, -0.05) is 6.07 Å². The predicted octanol–water partition coefficient (Wildman–Crippen LogP) is 2.17. The average molecular weight is 342 g/mol. The molecule has 106 valence electrons. The molecule has 0 spiro atoms. The minimum Gasteiger partial charge on any atom is -0.492 e. The molecule has 20 heavy (non-hydrogen) atoms. The van der Waals surface area contributed by atoms with E-state index in [0.29, 0.717) is 29.1 Å². The van der Waals surface area contributed by atoms with Gasteiger partial charge in [0.1, 0.15) is 22.6 Å². The number of benzene rings is 1. The van der Waals surface area contributed by atoms with Gasteiger partial charge in [-0.25, -0.2) is 9.07 Å². The maximum Gasteiger partial charge on any atom is 0.282 e. The molecule has 0 aliphatic heterocycles. The van der Waals surface area contributed by atoms with Gasteiger partial charge in [-0.3, -0.25) is 4.79 Å². The number of nitrogens with zero attached hydrogens (tertiary/aromatic N) is 2. The zero-order valence-electron chi connectivity index (χ0n) is 10.8. The molecule has 5 nitrogen and oxygen atoms in total. The van der Waals surface area contributed by atoms with Gasteiger partial charge < -0.3 is 10.1 Å². The van der Waals surface area contributed by atoms with Crippen molar-refractivity contribution in [1.29, 1.82) is 0 Å². The highest BCUT2D eigenvalue weighted by Gasteiger charge is 2.06. The van der Waals surface area contributed by atoms with Crippen molar-refractivity contribution in [2.75, 3.05) is 18.5 Å². The first-order valence-corrected chi connectivity index (χ1v) is 6.71. The van der Waals surface area contributed by atoms with E-state index in [4.69, 9.17) is 4.74 Å². The van der Waals surface area contributed by atoms with Crippen LogP contribution in [0.15, 0.2) is 39.7 Å². The van der Waals surface area contributed by atoms with Gasteiger partial charge in [-0.05, 0) is 28.1 Å². The molecule has 2 aromatic rings. The van der Waals surface area contributed by atoms with Crippen LogP contribution in [0.5, 0.6) is 5.75 Å². The summed E-state index contributed by atoms with van der Waals surface area (Å²) >= 11 is 3.21. The molecule has 0 fully saturated rings. The van der Waals surface area contributed by atoms with Crippen LogP contribution in [0.3, 0.4) is 0 Å². The molecule has 0 aliphatic carbocycles. The van der Waals surface area contributed by atoms with Crippen molar-refractivity contribution >= 4 is 21.6 Å². The van der Waals surface area contributed by atoms with E-state index in [1.807, 2.05) is 0 Å². The van der Waals surface area contributed by atoms with Gasteiger partial charge in [-0.2, -0.15) is 5.10 Å². The maximum absolute atomic E-state index is 12.9. The highest BCUT2D eigenvalue weighted by atomic mass is 79.9. The van der Waals surface area contributed by atoms with Gasteiger partial charge in [0.25, 0.3) is 5.56 Å². The Morgan fingerprint density at radius 2 is 2.30 bits per heavy atom. The number of halogens is 2. The van der Waals surface area contributed by atoms with Crippen molar-refractivity contribution in [1.82, 2.24) is 9.78 Å². The van der Waals surface area contributed by atoms with Crippen LogP contribution in [-0.4, -0.2) is 22.9 Å². The fourth-order valence-corrected chi connectivity index (χ4v) is 2.04. The van der Waals surface area contributed by atoms with E-state index in [0.717, 1.165) is 0 Å². The number of ether oxygens (including phenoxy) is 1. The summed E-state index contributed by atoms with van der Waals surface area (Å²) in [5, 5.41) is 6.93. The lowest BCUT2D eigenvalue weighted by Crippen LogP contribution is -2.22. The maximum atomic E-state index is 12.9. The van der Waals surface area contributed by atoms with E-state index in [-0.39, 0.29) is 11.4 Å². The lowest BCUT2D eigenvalue weighted by molar-refractivity contribution is 0.331. The van der Waals surface area contributed by atoms with E-state index in [1.165, 1.54) is 16.8 Å². The van der Waals surface area contributed by atoms with Gasteiger partial charge in [0.2, 0.25) is 0 Å². The van der Waals surface area contributed by atoms with Gasteiger partial charge in [-0.15, -0.1) is 0 Å². The fourth-order valence-electron chi connectivity index (χ4n) is 1.55. The van der Waals surface area contributed by atoms with Gasteiger partial charge in [0, 0.05) is 19.7 Å². The number of hydrogen-bond acceptors (Lipinski definition) is 4. The first kappa shape index (κ1) is 14.5. The molecule has 1 aromatic heterocycles. The monoisotopic (exact) mass is 341 g/mol. The Bertz CT molecular complexity index is 660. The topological polar surface area (TPSA) is 56.1 Å². The Labute approximate surface area is 123 Å². The second-order valence-corrected chi connectivity index (χ2v) is 4.83. The molecule has 0 radical (unpaired) electrons. The molecule has 0 saturated carbocycles. The van der Waals surface area contributed by atoms with E-state index < -0.39 is 0 Å². The molecule has 1 heterocycles. The Kier molecular flexibility index (Phi) is 4.73. The van der Waals surface area contributed by atoms with Crippen molar-refractivity contribution in [3.63, 3.8) is 0 Å². The summed E-state index contributed by atoms with van der Waals surface area (Å²) < 4.78 is 20.0. The van der Waals surface area contributed by atoms with E-state index >= 15 is 0 Å². The van der Waals surface area contributed by atoms with Crippen molar-refractivity contribution in [2.24, 2.45) is 7.05 Å². The predicted molar refractivity (Wildman–Crippen MR) is 77.6 cm³/mol. The van der Waals surface area contributed by atoms with E-state index in [9.17, 15) is 9.18 Å². The van der Waals surface area contributed by atoms with Crippen LogP contribution in [0.4, 0.5) is 10.1 Å². The second-order valence-electron chi connectivity index (χ2n) is 4.03. The summed E-state index contributed by atoms with van der Waals surface area (Å²) in [7, 11) is 1.57. The average Bonchev–Trinajstić information content (AvgIpc) is 2.43. The number of aryl methyl sites for hydroxylation is 1. The normalized spacial score (nSPS) is 10.3. The first-order valence-electron chi connectivity index (χ1n) is 5.92. The molecule has 1 N–H and O–H groups in total. The van der Waals surface area contributed by atoms with Crippen LogP contribution >= 0.6 is 15.9 Å². The van der Waals surface area contributed by atoms with Crippen LogP contribution < -0.4 is 15.6 Å². The SMILES string of the molecule is Cn1ncc(NCCOc2cccc(F)c2)c(Br)c1=O. The molecule has 0 atom stereocenters. The summed E-state index contributed by atoms with van der Waals surface area (Å²) in [6.45, 7) is 0.801. The second kappa shape index (κ2) is 6.51. The van der Waals surface area contributed by atoms with Gasteiger partial charge in [0.15, 0.2) is 0 Å². The Balaban J connectivity index is 1.88. The Hall–Kier alpha value is -1.89. The van der Waals surface area contributed by atoms with Crippen LogP contribution in [0.25, 0.3) is 0 Å². The van der Waals surface area contributed by atoms with Crippen molar-refractivity contribution < 1.29 is 9.13 Å². The van der Waals surface area contributed by atoms with E-state index in [2.05, 4.69) is 26.3 Å². The molecule has 0 unspecified atom stereocenters. The Morgan fingerprint density at radius 1 is 1.50 bits per heavy atom. The fraction of sp³-hybridized carbons (Fsp3) is 0.231. The van der Waals surface area contributed by atoms with Crippen LogP contribution in [0.2, 0.25) is 0 Å². The van der Waals surface area contributed by atoms with Gasteiger partial charge in [0.05, 0.1) is 11.9 Å². The molecular weight excluding hydrogens is 329 g/mol. The summed E-state index contributed by atoms with van der Waals surface area (Å²) in [6, 6.07) is 5.93. The third-order valence-electron chi connectivity index (χ3n) is 2.56. The molecular formula is C13H13BrFN3O2. The molecule has 0 bridgehead atoms. The zero-order chi connectivity index (χ0) is 14.5. The minimum absolute atomic E-state index is 0.221. The summed E-state index contributed by atoms with van der Waals surface area (Å²) in [5.41, 5.74) is 0.372. The largest absolute Gasteiger partial charge is 0.492 e. The van der Waals surface area contributed by atoms with Crippen molar-refractivity contribution in [2.45, 2.75) is 0 Å². The highest BCUT2D eigenvalue weighted by Crippen LogP contribution is 2.15. The smallest absolute Gasteiger partial charge is 0.282 e. The molecule has 2 rings (SSSR count). The van der Waals surface area contributed by atoms with Crippen molar-refractivity contribution in [3.8, 4) is 5.75 Å². The van der Waals surface area contributed by atoms with Crippen LogP contribution in [0.1, 0.15) is 0 Å². The number of nitrogens with one attached hydrogen (secondary N) is 1. The molecule has 0 amide bonds. The van der Waals surface area contributed by atoms with Gasteiger partial charge >= 0.3 is 0 Å². The number of rotatable bonds is 5.